The maximum absolute atomic E-state index is 12.2. The van der Waals surface area contributed by atoms with Gasteiger partial charge in [-0.25, -0.2) is 0 Å². The van der Waals surface area contributed by atoms with Gasteiger partial charge in [-0.1, -0.05) is 91.0 Å². The third-order valence-corrected chi connectivity index (χ3v) is 7.88. The van der Waals surface area contributed by atoms with Crippen molar-refractivity contribution in [2.45, 2.75) is 90.6 Å². The summed E-state index contributed by atoms with van der Waals surface area (Å²) in [6.45, 7) is 11.8. The standard InChI is InChI=1S/2C21H24O4/c1-20(2,24)18(22)16-9-5-14(6-10-16)13-15-7-11-17(12-8-15)19(23)21(3,4)25;1-20(2,24)18(22)16-10-8-14(9-11-16)12-15-6-5-7-17(13-15)19(23)21(3,4)25/h5-12,24-25H,13H2,1-4H3;5-11,13,24-25H,12H2,1-4H3. The molecule has 0 unspecified atom stereocenters. The highest BCUT2D eigenvalue weighted by molar-refractivity contribution is 6.03. The maximum atomic E-state index is 12.2. The number of carbonyl (C=O) groups excluding carboxylic acids is 4. The molecule has 0 saturated carbocycles. The first kappa shape index (κ1) is 39.8. The Balaban J connectivity index is 0.000000270. The van der Waals surface area contributed by atoms with Gasteiger partial charge in [-0.3, -0.25) is 19.2 Å². The van der Waals surface area contributed by atoms with E-state index in [4.69, 9.17) is 0 Å². The quantitative estimate of drug-likeness (QED) is 0.126. The van der Waals surface area contributed by atoms with Crippen LogP contribution >= 0.6 is 0 Å². The second kappa shape index (κ2) is 15.5. The van der Waals surface area contributed by atoms with Crippen molar-refractivity contribution in [2.75, 3.05) is 0 Å². The van der Waals surface area contributed by atoms with E-state index in [1.165, 1.54) is 55.4 Å². The Bertz CT molecular complexity index is 1740. The Morgan fingerprint density at radius 2 is 0.640 bits per heavy atom. The molecule has 0 atom stereocenters. The summed E-state index contributed by atoms with van der Waals surface area (Å²) in [7, 11) is 0. The van der Waals surface area contributed by atoms with Gasteiger partial charge >= 0.3 is 0 Å². The summed E-state index contributed by atoms with van der Waals surface area (Å²) in [5, 5.41) is 39.2. The lowest BCUT2D eigenvalue weighted by molar-refractivity contribution is 0.0487. The molecule has 0 heterocycles. The van der Waals surface area contributed by atoms with Gasteiger partial charge in [-0.15, -0.1) is 0 Å². The summed E-state index contributed by atoms with van der Waals surface area (Å²) < 4.78 is 0. The van der Waals surface area contributed by atoms with Crippen LogP contribution in [0.25, 0.3) is 0 Å². The second-order valence-electron chi connectivity index (χ2n) is 14.7. The third kappa shape index (κ3) is 11.2. The van der Waals surface area contributed by atoms with Crippen molar-refractivity contribution >= 4 is 23.1 Å². The van der Waals surface area contributed by atoms with E-state index in [1.807, 2.05) is 42.5 Å². The molecule has 4 aromatic carbocycles. The van der Waals surface area contributed by atoms with E-state index in [2.05, 4.69) is 0 Å². The molecular formula is C42H48O8. The van der Waals surface area contributed by atoms with Crippen LogP contribution in [0.4, 0.5) is 0 Å². The van der Waals surface area contributed by atoms with Crippen LogP contribution in [-0.4, -0.2) is 66.0 Å². The molecule has 4 rings (SSSR count). The van der Waals surface area contributed by atoms with E-state index < -0.39 is 22.4 Å². The molecule has 0 aliphatic heterocycles. The third-order valence-electron chi connectivity index (χ3n) is 7.88. The van der Waals surface area contributed by atoms with Gasteiger partial charge in [0.05, 0.1) is 0 Å². The molecule has 0 saturated heterocycles. The van der Waals surface area contributed by atoms with E-state index in [-0.39, 0.29) is 23.1 Å². The van der Waals surface area contributed by atoms with E-state index in [0.29, 0.717) is 35.1 Å². The Morgan fingerprint density at radius 3 is 0.920 bits per heavy atom. The Labute approximate surface area is 294 Å². The minimum Gasteiger partial charge on any atom is -0.382 e. The SMILES string of the molecule is CC(C)(O)C(=O)c1ccc(Cc2ccc(C(=O)C(C)(C)O)cc2)cc1.CC(C)(O)C(=O)c1ccc(Cc2cccc(C(=O)C(C)(C)O)c2)cc1. The molecule has 0 bridgehead atoms. The van der Waals surface area contributed by atoms with E-state index in [1.54, 1.807) is 54.6 Å². The summed E-state index contributed by atoms with van der Waals surface area (Å²) in [5.41, 5.74) is 0.282. The molecule has 0 fully saturated rings. The highest BCUT2D eigenvalue weighted by Gasteiger charge is 2.27. The summed E-state index contributed by atoms with van der Waals surface area (Å²) >= 11 is 0. The van der Waals surface area contributed by atoms with Gasteiger partial charge in [0.1, 0.15) is 22.4 Å². The number of ketones is 4. The lowest BCUT2D eigenvalue weighted by Gasteiger charge is -2.16. The van der Waals surface area contributed by atoms with Crippen molar-refractivity contribution in [1.82, 2.24) is 0 Å². The first-order valence-corrected chi connectivity index (χ1v) is 16.4. The summed E-state index contributed by atoms with van der Waals surface area (Å²) in [5.74, 6) is -1.26. The molecule has 0 aromatic heterocycles. The van der Waals surface area contributed by atoms with Gasteiger partial charge in [-0.05, 0) is 96.6 Å². The molecule has 0 aliphatic rings. The second-order valence-corrected chi connectivity index (χ2v) is 14.7. The van der Waals surface area contributed by atoms with E-state index in [0.717, 1.165) is 22.3 Å². The zero-order valence-electron chi connectivity index (χ0n) is 30.1. The smallest absolute Gasteiger partial charge is 0.193 e. The van der Waals surface area contributed by atoms with Crippen LogP contribution in [0, 0.1) is 0 Å². The minimum atomic E-state index is -1.41. The zero-order valence-corrected chi connectivity index (χ0v) is 30.1. The number of hydrogen-bond acceptors (Lipinski definition) is 8. The fraction of sp³-hybridized carbons (Fsp3) is 0.333. The van der Waals surface area contributed by atoms with Crippen LogP contribution in [-0.2, 0) is 12.8 Å². The zero-order chi connectivity index (χ0) is 37.7. The van der Waals surface area contributed by atoms with Gasteiger partial charge in [0, 0.05) is 22.3 Å². The first-order chi connectivity index (χ1) is 23.0. The maximum Gasteiger partial charge on any atom is 0.193 e. The van der Waals surface area contributed by atoms with Crippen LogP contribution in [0.15, 0.2) is 97.1 Å². The predicted molar refractivity (Wildman–Crippen MR) is 194 cm³/mol. The molecule has 0 spiro atoms. The number of hydrogen-bond donors (Lipinski definition) is 4. The molecule has 0 aliphatic carbocycles. The highest BCUT2D eigenvalue weighted by atomic mass is 16.3. The van der Waals surface area contributed by atoms with Crippen LogP contribution in [0.5, 0.6) is 0 Å². The monoisotopic (exact) mass is 680 g/mol. The van der Waals surface area contributed by atoms with Crippen molar-refractivity contribution in [2.24, 2.45) is 0 Å². The summed E-state index contributed by atoms with van der Waals surface area (Å²) in [6.07, 6.45) is 1.26. The van der Waals surface area contributed by atoms with Gasteiger partial charge in [0.15, 0.2) is 23.1 Å². The molecule has 0 amide bonds. The molecule has 0 radical (unpaired) electrons. The van der Waals surface area contributed by atoms with Crippen LogP contribution in [0.3, 0.4) is 0 Å². The van der Waals surface area contributed by atoms with E-state index >= 15 is 0 Å². The minimum absolute atomic E-state index is 0.312. The lowest BCUT2D eigenvalue weighted by Crippen LogP contribution is -2.31. The van der Waals surface area contributed by atoms with Crippen molar-refractivity contribution < 1.29 is 39.6 Å². The van der Waals surface area contributed by atoms with Crippen molar-refractivity contribution in [3.8, 4) is 0 Å². The topological polar surface area (TPSA) is 149 Å². The predicted octanol–water partition coefficient (Wildman–Crippen LogP) is 6.37. The fourth-order valence-electron chi connectivity index (χ4n) is 5.03. The number of carbonyl (C=O) groups is 4. The molecule has 8 heteroatoms. The van der Waals surface area contributed by atoms with Gasteiger partial charge < -0.3 is 20.4 Å². The summed E-state index contributed by atoms with van der Waals surface area (Å²) in [4.78, 5) is 48.2. The number of Topliss-reactive ketones (excluding diaryl/α,β-unsaturated/α-hetero) is 4. The molecule has 4 N–H and O–H groups in total. The molecular weight excluding hydrogens is 632 g/mol. The van der Waals surface area contributed by atoms with Crippen molar-refractivity contribution in [1.29, 1.82) is 0 Å². The number of rotatable bonds is 12. The Kier molecular flexibility index (Phi) is 12.4. The average molecular weight is 681 g/mol. The van der Waals surface area contributed by atoms with Crippen LogP contribution in [0.1, 0.15) is 119 Å². The van der Waals surface area contributed by atoms with Crippen molar-refractivity contribution in [3.05, 3.63) is 142 Å². The van der Waals surface area contributed by atoms with Gasteiger partial charge in [-0.2, -0.15) is 0 Å². The lowest BCUT2D eigenvalue weighted by atomic mass is 9.93. The molecule has 8 nitrogen and oxygen atoms in total. The highest BCUT2D eigenvalue weighted by Crippen LogP contribution is 2.20. The molecule has 50 heavy (non-hydrogen) atoms. The Morgan fingerprint density at radius 1 is 0.380 bits per heavy atom. The number of benzene rings is 4. The fourth-order valence-corrected chi connectivity index (χ4v) is 5.03. The van der Waals surface area contributed by atoms with Crippen LogP contribution in [0.2, 0.25) is 0 Å². The normalized spacial score (nSPS) is 12.1. The van der Waals surface area contributed by atoms with Gasteiger partial charge in [0.2, 0.25) is 0 Å². The first-order valence-electron chi connectivity index (χ1n) is 16.4. The molecule has 264 valence electrons. The van der Waals surface area contributed by atoms with Crippen molar-refractivity contribution in [3.63, 3.8) is 0 Å². The average Bonchev–Trinajstić information content (AvgIpc) is 3.03. The van der Waals surface area contributed by atoms with Gasteiger partial charge in [0.25, 0.3) is 0 Å². The summed E-state index contributed by atoms with van der Waals surface area (Å²) in [6, 6.07) is 28.5. The Hall–Kier alpha value is -4.60. The largest absolute Gasteiger partial charge is 0.382 e. The number of aliphatic hydroxyl groups is 4. The molecule has 4 aromatic rings. The van der Waals surface area contributed by atoms with Crippen LogP contribution < -0.4 is 0 Å². The van der Waals surface area contributed by atoms with E-state index in [9.17, 15) is 39.6 Å².